The number of nitrogens with zero attached hydrogens (tertiary/aromatic N) is 1. The average Bonchev–Trinajstić information content (AvgIpc) is 2.77. The molecule has 1 aromatic carbocycles. The normalized spacial score (nSPS) is 13.1. The lowest BCUT2D eigenvalue weighted by molar-refractivity contribution is -0.138. The van der Waals surface area contributed by atoms with Crippen LogP contribution in [-0.4, -0.2) is 59.5 Å². The minimum atomic E-state index is -3.85. The largest absolute Gasteiger partial charge is 0.462 e. The zero-order valence-corrected chi connectivity index (χ0v) is 19.9. The first kappa shape index (κ1) is 27.2. The number of nitriles is 1. The molecule has 0 aliphatic heterocycles. The molecule has 0 heterocycles. The third-order valence-corrected chi connectivity index (χ3v) is 6.71. The molecule has 0 amide bonds. The molecule has 1 rings (SSSR count). The van der Waals surface area contributed by atoms with Crippen LogP contribution < -0.4 is 5.32 Å². The molecular weight excluding hydrogens is 443 g/mol. The summed E-state index contributed by atoms with van der Waals surface area (Å²) in [7, 11) is -0.854. The van der Waals surface area contributed by atoms with E-state index in [1.165, 1.54) is 14.2 Å². The lowest BCUT2D eigenvalue weighted by Crippen LogP contribution is -2.25. The van der Waals surface area contributed by atoms with Gasteiger partial charge in [0.2, 0.25) is 0 Å². The maximum absolute atomic E-state index is 13.9. The second kappa shape index (κ2) is 15.0. The van der Waals surface area contributed by atoms with Gasteiger partial charge >= 0.3 is 13.6 Å². The number of ether oxygens (including phenoxy) is 3. The van der Waals surface area contributed by atoms with Crippen molar-refractivity contribution in [3.63, 3.8) is 0 Å². The molecule has 0 bridgehead atoms. The van der Waals surface area contributed by atoms with Gasteiger partial charge in [-0.1, -0.05) is 30.3 Å². The predicted molar refractivity (Wildman–Crippen MR) is 118 cm³/mol. The molecule has 172 valence electrons. The van der Waals surface area contributed by atoms with Crippen LogP contribution in [0.4, 0.5) is 0 Å². The van der Waals surface area contributed by atoms with Gasteiger partial charge in [0.1, 0.15) is 6.07 Å². The zero-order valence-electron chi connectivity index (χ0n) is 18.2. The molecule has 0 radical (unpaired) electrons. The van der Waals surface area contributed by atoms with Gasteiger partial charge in [-0.3, -0.25) is 4.57 Å². The first-order valence-electron chi connectivity index (χ1n) is 9.51. The number of hydrogen-bond donors (Lipinski definition) is 1. The van der Waals surface area contributed by atoms with E-state index in [0.717, 1.165) is 11.8 Å². The summed E-state index contributed by atoms with van der Waals surface area (Å²) >= 11 is 1.12. The van der Waals surface area contributed by atoms with Crippen LogP contribution in [0.15, 0.2) is 40.9 Å². The molecule has 11 heteroatoms. The first-order chi connectivity index (χ1) is 15.0. The van der Waals surface area contributed by atoms with Crippen molar-refractivity contribution in [2.24, 2.45) is 0 Å². The predicted octanol–water partition coefficient (Wildman–Crippen LogP) is 3.46. The lowest BCUT2D eigenvalue weighted by Gasteiger charge is -2.29. The van der Waals surface area contributed by atoms with Crippen LogP contribution in [0.1, 0.15) is 18.3 Å². The Kier molecular flexibility index (Phi) is 13.2. The number of nitrogens with one attached hydrogen (secondary N) is 1. The molecule has 0 saturated carbocycles. The van der Waals surface area contributed by atoms with Gasteiger partial charge in [0, 0.05) is 14.2 Å². The SMILES string of the molecule is CCOC(=O)/C(C#N)=C(\NC(c1ccccc1)P(=O)(OCCOC)OCCOC)SC. The Morgan fingerprint density at radius 1 is 1.13 bits per heavy atom. The minimum Gasteiger partial charge on any atom is -0.462 e. The Labute approximate surface area is 187 Å². The topological polar surface area (TPSA) is 116 Å². The van der Waals surface area contributed by atoms with Crippen molar-refractivity contribution in [1.29, 1.82) is 5.26 Å². The van der Waals surface area contributed by atoms with Gasteiger partial charge in [0.25, 0.3) is 0 Å². The van der Waals surface area contributed by atoms with Crippen LogP contribution in [0, 0.1) is 11.3 Å². The van der Waals surface area contributed by atoms with E-state index in [1.54, 1.807) is 37.4 Å². The van der Waals surface area contributed by atoms with E-state index in [0.29, 0.717) is 5.56 Å². The molecule has 1 unspecified atom stereocenters. The summed E-state index contributed by atoms with van der Waals surface area (Å²) in [6.45, 7) is 2.22. The fourth-order valence-corrected chi connectivity index (χ4v) is 4.92. The summed E-state index contributed by atoms with van der Waals surface area (Å²) in [5, 5.41) is 12.8. The Morgan fingerprint density at radius 2 is 1.71 bits per heavy atom. The van der Waals surface area contributed by atoms with Crippen LogP contribution in [0.3, 0.4) is 0 Å². The van der Waals surface area contributed by atoms with Crippen molar-refractivity contribution in [2.45, 2.75) is 12.7 Å². The highest BCUT2D eigenvalue weighted by Crippen LogP contribution is 2.60. The van der Waals surface area contributed by atoms with Crippen LogP contribution >= 0.6 is 19.4 Å². The van der Waals surface area contributed by atoms with Crippen LogP contribution in [-0.2, 0) is 32.6 Å². The summed E-state index contributed by atoms with van der Waals surface area (Å²) in [5.41, 5.74) is 0.365. The van der Waals surface area contributed by atoms with E-state index in [-0.39, 0.29) is 43.6 Å². The van der Waals surface area contributed by atoms with Gasteiger partial charge in [-0.15, -0.1) is 11.8 Å². The summed E-state index contributed by atoms with van der Waals surface area (Å²) in [6.07, 6.45) is 1.68. The summed E-state index contributed by atoms with van der Waals surface area (Å²) in [4.78, 5) is 12.2. The van der Waals surface area contributed by atoms with Crippen LogP contribution in [0.25, 0.3) is 0 Å². The molecule has 1 atom stereocenters. The molecule has 9 nitrogen and oxygen atoms in total. The monoisotopic (exact) mass is 472 g/mol. The van der Waals surface area contributed by atoms with Crippen molar-refractivity contribution in [3.8, 4) is 6.07 Å². The Balaban J connectivity index is 3.43. The Morgan fingerprint density at radius 3 is 2.16 bits per heavy atom. The van der Waals surface area contributed by atoms with Crippen molar-refractivity contribution in [3.05, 3.63) is 46.5 Å². The van der Waals surface area contributed by atoms with E-state index >= 15 is 0 Å². The highest BCUT2D eigenvalue weighted by atomic mass is 32.2. The number of esters is 1. The third kappa shape index (κ3) is 8.65. The molecule has 1 N–H and O–H groups in total. The summed E-state index contributed by atoms with van der Waals surface area (Å²) in [6, 6.07) is 10.7. The second-order valence-corrected chi connectivity index (χ2v) is 8.82. The maximum atomic E-state index is 13.9. The van der Waals surface area contributed by atoms with Gasteiger partial charge in [0.15, 0.2) is 11.4 Å². The van der Waals surface area contributed by atoms with Crippen molar-refractivity contribution < 1.29 is 32.6 Å². The van der Waals surface area contributed by atoms with Gasteiger partial charge < -0.3 is 28.6 Å². The summed E-state index contributed by atoms with van der Waals surface area (Å²) < 4.78 is 40.2. The zero-order chi connectivity index (χ0) is 23.1. The molecule has 1 aromatic rings. The molecule has 0 saturated heterocycles. The van der Waals surface area contributed by atoms with Crippen LogP contribution in [0.5, 0.6) is 0 Å². The quantitative estimate of drug-likeness (QED) is 0.134. The van der Waals surface area contributed by atoms with Gasteiger partial charge in [0.05, 0.1) is 38.1 Å². The van der Waals surface area contributed by atoms with Crippen molar-refractivity contribution >= 4 is 25.3 Å². The van der Waals surface area contributed by atoms with Gasteiger partial charge in [-0.2, -0.15) is 5.26 Å². The molecule has 0 spiro atoms. The molecule has 0 aliphatic rings. The Bertz CT molecular complexity index is 784. The van der Waals surface area contributed by atoms with Crippen molar-refractivity contribution in [2.75, 3.05) is 53.5 Å². The number of carbonyl (C=O) groups is 1. The number of thioether (sulfide) groups is 1. The van der Waals surface area contributed by atoms with Crippen LogP contribution in [0.2, 0.25) is 0 Å². The van der Waals surface area contributed by atoms with E-state index in [2.05, 4.69) is 5.32 Å². The maximum Gasteiger partial charge on any atom is 0.357 e. The smallest absolute Gasteiger partial charge is 0.357 e. The second-order valence-electron chi connectivity index (χ2n) is 5.89. The number of hydrogen-bond acceptors (Lipinski definition) is 10. The third-order valence-electron chi connectivity index (χ3n) is 3.84. The molecule has 0 aliphatic carbocycles. The minimum absolute atomic E-state index is 0.0209. The van der Waals surface area contributed by atoms with E-state index in [9.17, 15) is 14.6 Å². The number of rotatable bonds is 15. The van der Waals surface area contributed by atoms with Gasteiger partial charge in [-0.25, -0.2) is 4.79 Å². The number of carbonyl (C=O) groups excluding carboxylic acids is 1. The molecular formula is C20H29N2O7PS. The van der Waals surface area contributed by atoms with E-state index in [4.69, 9.17) is 23.3 Å². The van der Waals surface area contributed by atoms with Crippen molar-refractivity contribution in [1.82, 2.24) is 5.32 Å². The van der Waals surface area contributed by atoms with E-state index in [1.807, 2.05) is 12.1 Å². The molecule has 31 heavy (non-hydrogen) atoms. The highest BCUT2D eigenvalue weighted by molar-refractivity contribution is 8.02. The Hall–Kier alpha value is -1.86. The number of benzene rings is 1. The highest BCUT2D eigenvalue weighted by Gasteiger charge is 2.39. The van der Waals surface area contributed by atoms with Gasteiger partial charge in [-0.05, 0) is 18.7 Å². The average molecular weight is 473 g/mol. The lowest BCUT2D eigenvalue weighted by atomic mass is 10.2. The molecule has 0 fully saturated rings. The summed E-state index contributed by atoms with van der Waals surface area (Å²) in [5.74, 6) is -1.77. The molecule has 0 aromatic heterocycles. The number of methoxy groups -OCH3 is 2. The fourth-order valence-electron chi connectivity index (χ4n) is 2.41. The fraction of sp³-hybridized carbons (Fsp3) is 0.500. The first-order valence-corrected chi connectivity index (χ1v) is 12.3. The van der Waals surface area contributed by atoms with E-state index < -0.39 is 19.3 Å². The standard InChI is InChI=1S/C20H29N2O7PS/c1-5-27-20(23)17(15-21)19(31-4)22-18(16-9-7-6-8-10-16)30(24,28-13-11-25-2)29-14-12-26-3/h6-10,18,22H,5,11-14H2,1-4H3/b19-17+.